The van der Waals surface area contributed by atoms with Gasteiger partial charge in [-0.25, -0.2) is 29.5 Å². The van der Waals surface area contributed by atoms with E-state index in [2.05, 4.69) is 86.4 Å². The molecule has 10 rings (SSSR count). The number of benzene rings is 8. The highest BCUT2D eigenvalue weighted by molar-refractivity contribution is 7.99. The van der Waals surface area contributed by atoms with Gasteiger partial charge in [-0.15, -0.1) is 23.5 Å². The smallest absolute Gasteiger partial charge is 0.328 e. The van der Waals surface area contributed by atoms with E-state index in [-0.39, 0.29) is 35.1 Å². The number of hydrogen-bond acceptors (Lipinski definition) is 13. The molecule has 0 fully saturated rings. The summed E-state index contributed by atoms with van der Waals surface area (Å²) in [6.07, 6.45) is 0.396. The number of rotatable bonds is 20. The van der Waals surface area contributed by atoms with E-state index in [1.54, 1.807) is 30.3 Å². The van der Waals surface area contributed by atoms with Crippen LogP contribution in [0, 0.1) is 0 Å². The molecule has 0 aliphatic rings. The number of nitrogens with zero attached hydrogens (tertiary/aromatic N) is 4. The average molecular weight is 1230 g/mol. The van der Waals surface area contributed by atoms with E-state index in [4.69, 9.17) is 24.2 Å². The molecule has 0 aliphatic carbocycles. The van der Waals surface area contributed by atoms with Gasteiger partial charge in [0.15, 0.2) is 11.4 Å². The maximum Gasteiger partial charge on any atom is 0.328 e. The Bertz CT molecular complexity index is 4080. The molecule has 10 aromatic rings. The van der Waals surface area contributed by atoms with Crippen molar-refractivity contribution in [3.63, 3.8) is 0 Å². The Morgan fingerprint density at radius 1 is 0.449 bits per heavy atom. The molecule has 8 aromatic carbocycles. The quantitative estimate of drug-likeness (QED) is 0.0482. The van der Waals surface area contributed by atoms with Gasteiger partial charge in [-0.2, -0.15) is 0 Å². The third kappa shape index (κ3) is 17.0. The topological polar surface area (TPSA) is 192 Å². The number of fused-ring (bicyclic) bond motifs is 2. The molecule has 0 saturated heterocycles. The second kappa shape index (κ2) is 29.1. The second-order valence-corrected chi connectivity index (χ2v) is 25.6. The monoisotopic (exact) mass is 1220 g/mol. The SMILES string of the molecule is CCSc1nc2cc(Oc3ccc(C(C)(C)C)cc3)ccc2nc1C(=O)N[C@@H](Cc1ccc(-c2ccccc2)cc1)C(=O)O.CCSc1nc2cc(Oc3ccc(C(C)(C)C)cc3)ccc2nc1C(=O)N[C@@H](Cc1ccc(-c2ccccc2)cc1)C(=O)OC. The Hall–Kier alpha value is -9.38. The number of aromatic nitrogens is 4. The molecule has 0 radical (unpaired) electrons. The van der Waals surface area contributed by atoms with Crippen LogP contribution in [0.2, 0.25) is 0 Å². The summed E-state index contributed by atoms with van der Waals surface area (Å²) in [7, 11) is 1.31. The van der Waals surface area contributed by atoms with Crippen LogP contribution < -0.4 is 20.1 Å². The van der Waals surface area contributed by atoms with Gasteiger partial charge < -0.3 is 30.0 Å². The Labute approximate surface area is 528 Å². The van der Waals surface area contributed by atoms with Gasteiger partial charge in [0, 0.05) is 25.0 Å². The third-order valence-corrected chi connectivity index (χ3v) is 16.2. The van der Waals surface area contributed by atoms with Crippen LogP contribution >= 0.6 is 23.5 Å². The molecule has 2 amide bonds. The number of aliphatic carboxylic acids is 1. The van der Waals surface area contributed by atoms with Crippen molar-refractivity contribution in [1.82, 2.24) is 30.6 Å². The molecule has 0 saturated carbocycles. The van der Waals surface area contributed by atoms with Crippen molar-refractivity contribution in [3.05, 3.63) is 228 Å². The van der Waals surface area contributed by atoms with Crippen LogP contribution in [0.25, 0.3) is 44.3 Å². The van der Waals surface area contributed by atoms with Crippen molar-refractivity contribution in [2.75, 3.05) is 18.6 Å². The normalized spacial score (nSPS) is 12.1. The van der Waals surface area contributed by atoms with Crippen LogP contribution in [-0.4, -0.2) is 79.5 Å². The first-order valence-corrected chi connectivity index (χ1v) is 31.4. The predicted octanol–water partition coefficient (Wildman–Crippen LogP) is 15.9. The molecule has 0 bridgehead atoms. The Morgan fingerprint density at radius 2 is 0.809 bits per heavy atom. The van der Waals surface area contributed by atoms with E-state index in [9.17, 15) is 24.3 Å². The number of ether oxygens (including phenoxy) is 3. The molecule has 3 N–H and O–H groups in total. The number of methoxy groups -OCH3 is 1. The minimum Gasteiger partial charge on any atom is -0.480 e. The van der Waals surface area contributed by atoms with Crippen molar-refractivity contribution >= 4 is 69.3 Å². The zero-order valence-corrected chi connectivity index (χ0v) is 53.0. The van der Waals surface area contributed by atoms with E-state index < -0.39 is 35.8 Å². The number of carboxylic acids is 1. The van der Waals surface area contributed by atoms with Gasteiger partial charge in [-0.1, -0.05) is 189 Å². The molecule has 89 heavy (non-hydrogen) atoms. The zero-order chi connectivity index (χ0) is 63.2. The van der Waals surface area contributed by atoms with Crippen LogP contribution in [0.4, 0.5) is 0 Å². The minimum atomic E-state index is -1.14. The van der Waals surface area contributed by atoms with E-state index >= 15 is 0 Å². The molecule has 2 atom stereocenters. The number of thioether (sulfide) groups is 2. The standard InChI is InChI=1S/C37H37N3O4S.C36H35N3O4S/c1-6-45-35-33(38-30-21-20-29(23-31(30)40-35)44-28-18-16-27(17-19-28)37(2,3)4)34(41)39-32(36(42)43-5)22-24-12-14-26(15-13-24)25-10-8-7-9-11-25;1-5-44-34-32(33(40)38-31(35(41)42)21-23-11-13-25(14-12-23)24-9-7-6-8-10-24)37-29-20-19-28(22-30(29)39-34)43-27-17-15-26(16-18-27)36(2,3)4/h7-21,23,32H,6,22H2,1-5H3,(H,39,41);6-20,22,31H,5,21H2,1-4H3,(H,38,40)(H,41,42)/t32-;31-/m00/s1. The zero-order valence-electron chi connectivity index (χ0n) is 51.4. The number of esters is 1. The largest absolute Gasteiger partial charge is 0.480 e. The highest BCUT2D eigenvalue weighted by Crippen LogP contribution is 2.33. The van der Waals surface area contributed by atoms with E-state index in [1.807, 2.05) is 153 Å². The Morgan fingerprint density at radius 3 is 1.17 bits per heavy atom. The van der Waals surface area contributed by atoms with Gasteiger partial charge in [0.25, 0.3) is 11.8 Å². The molecule has 16 heteroatoms. The number of nitrogens with one attached hydrogen (secondary N) is 2. The van der Waals surface area contributed by atoms with Crippen LogP contribution in [0.1, 0.15) is 98.6 Å². The molecule has 2 heterocycles. The van der Waals surface area contributed by atoms with Crippen molar-refractivity contribution in [2.24, 2.45) is 0 Å². The Balaban J connectivity index is 0.000000211. The molecule has 2 aromatic heterocycles. The molecule has 454 valence electrons. The lowest BCUT2D eigenvalue weighted by molar-refractivity contribution is -0.143. The summed E-state index contributed by atoms with van der Waals surface area (Å²) in [5.41, 5.74) is 11.0. The number of carbonyl (C=O) groups is 4. The lowest BCUT2D eigenvalue weighted by Crippen LogP contribution is -2.43. The van der Waals surface area contributed by atoms with Crippen LogP contribution in [0.15, 0.2) is 204 Å². The summed E-state index contributed by atoms with van der Waals surface area (Å²) in [6, 6.07) is 60.3. The summed E-state index contributed by atoms with van der Waals surface area (Å²) in [4.78, 5) is 70.7. The molecule has 0 aliphatic heterocycles. The maximum atomic E-state index is 13.6. The van der Waals surface area contributed by atoms with Crippen molar-refractivity contribution in [2.45, 2.75) is 101 Å². The summed E-state index contributed by atoms with van der Waals surface area (Å²) in [6.45, 7) is 16.9. The molecular formula is C73H72N6O8S2. The second-order valence-electron chi connectivity index (χ2n) is 23.1. The summed E-state index contributed by atoms with van der Waals surface area (Å²) in [5, 5.41) is 16.4. The van der Waals surface area contributed by atoms with Gasteiger partial charge in [0.05, 0.1) is 29.2 Å². The number of carboxylic acid groups (broad SMARTS) is 1. The Kier molecular flexibility index (Phi) is 20.9. The van der Waals surface area contributed by atoms with Crippen molar-refractivity contribution in [3.8, 4) is 45.3 Å². The lowest BCUT2D eigenvalue weighted by atomic mass is 9.87. The first-order chi connectivity index (χ1) is 42.7. The van der Waals surface area contributed by atoms with Crippen LogP contribution in [0.5, 0.6) is 23.0 Å². The number of hydrogen-bond donors (Lipinski definition) is 3. The third-order valence-electron chi connectivity index (χ3n) is 14.5. The minimum absolute atomic E-state index is 0.0486. The van der Waals surface area contributed by atoms with Crippen LogP contribution in [-0.2, 0) is 38.0 Å². The highest BCUT2D eigenvalue weighted by atomic mass is 32.2. The maximum absolute atomic E-state index is 13.6. The van der Waals surface area contributed by atoms with Gasteiger partial charge in [0.1, 0.15) is 45.1 Å². The van der Waals surface area contributed by atoms with E-state index in [0.29, 0.717) is 60.9 Å². The molecule has 0 spiro atoms. The summed E-state index contributed by atoms with van der Waals surface area (Å²) >= 11 is 2.79. The number of amides is 2. The van der Waals surface area contributed by atoms with Crippen molar-refractivity contribution in [1.29, 1.82) is 0 Å². The molecule has 14 nitrogen and oxygen atoms in total. The van der Waals surface area contributed by atoms with E-state index in [0.717, 1.165) is 39.1 Å². The van der Waals surface area contributed by atoms with Gasteiger partial charge in [0.2, 0.25) is 0 Å². The number of carbonyl (C=O) groups excluding carboxylic acids is 3. The molecular weight excluding hydrogens is 1150 g/mol. The van der Waals surface area contributed by atoms with Crippen molar-refractivity contribution < 1.29 is 38.5 Å². The molecule has 0 unspecified atom stereocenters. The van der Waals surface area contributed by atoms with Gasteiger partial charge in [-0.05, 0) is 115 Å². The fourth-order valence-electron chi connectivity index (χ4n) is 9.64. The van der Waals surface area contributed by atoms with Crippen LogP contribution in [0.3, 0.4) is 0 Å². The predicted molar refractivity (Wildman–Crippen MR) is 356 cm³/mol. The average Bonchev–Trinajstić information content (AvgIpc) is 3.58. The van der Waals surface area contributed by atoms with E-state index in [1.165, 1.54) is 41.8 Å². The fourth-order valence-corrected chi connectivity index (χ4v) is 11.1. The highest BCUT2D eigenvalue weighted by Gasteiger charge is 2.28. The first kappa shape index (κ1) is 64.1. The fraction of sp³-hybridized carbons (Fsp3) is 0.233. The van der Waals surface area contributed by atoms with Gasteiger partial charge in [-0.3, -0.25) is 9.59 Å². The first-order valence-electron chi connectivity index (χ1n) is 29.4. The lowest BCUT2D eigenvalue weighted by Gasteiger charge is -2.19. The summed E-state index contributed by atoms with van der Waals surface area (Å²) < 4.78 is 17.2. The van der Waals surface area contributed by atoms with Gasteiger partial charge >= 0.3 is 11.9 Å². The summed E-state index contributed by atoms with van der Waals surface area (Å²) in [5.74, 6) is 1.26.